The minimum atomic E-state index is -0.886. The Morgan fingerprint density at radius 2 is 1.85 bits per heavy atom. The fourth-order valence-corrected chi connectivity index (χ4v) is 2.53. The van der Waals surface area contributed by atoms with Gasteiger partial charge >= 0.3 is 0 Å². The molecule has 20 heavy (non-hydrogen) atoms. The van der Waals surface area contributed by atoms with Gasteiger partial charge in [0.05, 0.1) is 7.11 Å². The van der Waals surface area contributed by atoms with Gasteiger partial charge in [-0.1, -0.05) is 34.1 Å². The molecule has 2 aromatic rings. The molecule has 0 aliphatic rings. The molecule has 0 spiro atoms. The summed E-state index contributed by atoms with van der Waals surface area (Å²) in [7, 11) is 1.38. The predicted molar refractivity (Wildman–Crippen MR) is 74.7 cm³/mol. The van der Waals surface area contributed by atoms with Crippen molar-refractivity contribution in [3.05, 3.63) is 65.0 Å². The van der Waals surface area contributed by atoms with E-state index in [1.165, 1.54) is 31.4 Å². The van der Waals surface area contributed by atoms with Crippen LogP contribution in [0.5, 0.6) is 5.75 Å². The van der Waals surface area contributed by atoms with Crippen molar-refractivity contribution in [3.8, 4) is 5.75 Å². The van der Waals surface area contributed by atoms with Gasteiger partial charge < -0.3 is 4.74 Å². The van der Waals surface area contributed by atoms with Gasteiger partial charge in [0.2, 0.25) is 0 Å². The maximum Gasteiger partial charge on any atom is 0.165 e. The van der Waals surface area contributed by atoms with Gasteiger partial charge in [0.25, 0.3) is 0 Å². The molecule has 0 aromatic heterocycles. The third kappa shape index (κ3) is 3.15. The van der Waals surface area contributed by atoms with Gasteiger partial charge in [-0.05, 0) is 35.7 Å². The summed E-state index contributed by atoms with van der Waals surface area (Å²) in [6.45, 7) is 0. The summed E-state index contributed by atoms with van der Waals surface area (Å²) in [5.74, 6) is -2.10. The molecule has 106 valence electrons. The van der Waals surface area contributed by atoms with Crippen LogP contribution in [0.4, 0.5) is 13.2 Å². The van der Waals surface area contributed by atoms with E-state index in [2.05, 4.69) is 15.9 Å². The molecule has 1 unspecified atom stereocenters. The summed E-state index contributed by atoms with van der Waals surface area (Å²) in [6.07, 6.45) is 0.218. The van der Waals surface area contributed by atoms with Crippen molar-refractivity contribution >= 4 is 15.9 Å². The highest BCUT2D eigenvalue weighted by Crippen LogP contribution is 2.31. The normalized spacial score (nSPS) is 12.2. The Hall–Kier alpha value is -1.49. The Morgan fingerprint density at radius 3 is 2.50 bits per heavy atom. The van der Waals surface area contributed by atoms with E-state index in [0.717, 1.165) is 6.07 Å². The van der Waals surface area contributed by atoms with E-state index in [1.807, 2.05) is 0 Å². The quantitative estimate of drug-likeness (QED) is 0.724. The topological polar surface area (TPSA) is 9.23 Å². The number of alkyl halides is 1. The minimum Gasteiger partial charge on any atom is -0.494 e. The molecule has 0 aliphatic heterocycles. The van der Waals surface area contributed by atoms with E-state index >= 15 is 0 Å². The third-order valence-corrected chi connectivity index (χ3v) is 3.82. The van der Waals surface area contributed by atoms with Gasteiger partial charge in [-0.3, -0.25) is 0 Å². The predicted octanol–water partition coefficient (Wildman–Crippen LogP) is 4.79. The van der Waals surface area contributed by atoms with Crippen LogP contribution in [0.25, 0.3) is 0 Å². The SMILES string of the molecule is COc1ccc(C(Br)Cc2cccc(F)c2F)cc1F. The molecule has 0 fully saturated rings. The molecule has 0 bridgehead atoms. The van der Waals surface area contributed by atoms with Crippen molar-refractivity contribution in [2.75, 3.05) is 7.11 Å². The number of hydrogen-bond acceptors (Lipinski definition) is 1. The van der Waals surface area contributed by atoms with Crippen molar-refractivity contribution in [1.29, 1.82) is 0 Å². The Bertz CT molecular complexity index is 616. The van der Waals surface area contributed by atoms with Gasteiger partial charge in [-0.25, -0.2) is 13.2 Å². The average molecular weight is 345 g/mol. The molecule has 1 atom stereocenters. The van der Waals surface area contributed by atoms with Crippen LogP contribution in [0.15, 0.2) is 36.4 Å². The van der Waals surface area contributed by atoms with Crippen LogP contribution in [-0.4, -0.2) is 7.11 Å². The molecule has 0 radical (unpaired) electrons. The molecule has 1 nitrogen and oxygen atoms in total. The summed E-state index contributed by atoms with van der Waals surface area (Å²) in [6, 6.07) is 8.51. The van der Waals surface area contributed by atoms with Crippen molar-refractivity contribution in [1.82, 2.24) is 0 Å². The first kappa shape index (κ1) is 14.9. The van der Waals surface area contributed by atoms with Crippen LogP contribution in [0.1, 0.15) is 16.0 Å². The van der Waals surface area contributed by atoms with Crippen LogP contribution in [0, 0.1) is 17.5 Å². The molecule has 0 heterocycles. The van der Waals surface area contributed by atoms with Gasteiger partial charge in [0.15, 0.2) is 23.2 Å². The summed E-state index contributed by atoms with van der Waals surface area (Å²) < 4.78 is 45.2. The second kappa shape index (κ2) is 6.31. The second-order valence-electron chi connectivity index (χ2n) is 4.28. The number of halogens is 4. The lowest BCUT2D eigenvalue weighted by Gasteiger charge is -2.12. The van der Waals surface area contributed by atoms with Crippen molar-refractivity contribution in [2.24, 2.45) is 0 Å². The fourth-order valence-electron chi connectivity index (χ4n) is 1.89. The minimum absolute atomic E-state index is 0.144. The zero-order valence-corrected chi connectivity index (χ0v) is 12.3. The summed E-state index contributed by atoms with van der Waals surface area (Å²) >= 11 is 3.37. The van der Waals surface area contributed by atoms with E-state index in [9.17, 15) is 13.2 Å². The molecule has 2 rings (SSSR count). The van der Waals surface area contributed by atoms with Crippen LogP contribution < -0.4 is 4.74 Å². The van der Waals surface area contributed by atoms with E-state index in [-0.39, 0.29) is 22.6 Å². The van der Waals surface area contributed by atoms with E-state index in [4.69, 9.17) is 4.74 Å². The number of benzene rings is 2. The fraction of sp³-hybridized carbons (Fsp3) is 0.200. The molecule has 5 heteroatoms. The summed E-state index contributed by atoms with van der Waals surface area (Å²) in [5.41, 5.74) is 0.870. The Labute approximate surface area is 123 Å². The van der Waals surface area contributed by atoms with Crippen molar-refractivity contribution in [3.63, 3.8) is 0 Å². The number of rotatable bonds is 4. The van der Waals surface area contributed by atoms with Crippen LogP contribution in [-0.2, 0) is 6.42 Å². The highest BCUT2D eigenvalue weighted by molar-refractivity contribution is 9.09. The van der Waals surface area contributed by atoms with E-state index in [0.29, 0.717) is 5.56 Å². The zero-order chi connectivity index (χ0) is 14.7. The standard InChI is InChI=1S/C15H12BrF3O/c1-20-14-6-5-9(8-13(14)18)11(16)7-10-3-2-4-12(17)15(10)19/h2-6,8,11H,7H2,1H3. The first-order valence-electron chi connectivity index (χ1n) is 5.93. The molecule has 2 aromatic carbocycles. The van der Waals surface area contributed by atoms with Gasteiger partial charge in [0.1, 0.15) is 0 Å². The smallest absolute Gasteiger partial charge is 0.165 e. The zero-order valence-electron chi connectivity index (χ0n) is 10.7. The second-order valence-corrected chi connectivity index (χ2v) is 5.38. The maximum absolute atomic E-state index is 13.6. The van der Waals surface area contributed by atoms with Gasteiger partial charge in [-0.15, -0.1) is 0 Å². The van der Waals surface area contributed by atoms with Crippen molar-refractivity contribution in [2.45, 2.75) is 11.2 Å². The van der Waals surface area contributed by atoms with E-state index < -0.39 is 17.5 Å². The van der Waals surface area contributed by atoms with E-state index in [1.54, 1.807) is 6.07 Å². The molecule has 0 saturated heterocycles. The van der Waals surface area contributed by atoms with Crippen LogP contribution in [0.2, 0.25) is 0 Å². The molecular weight excluding hydrogens is 333 g/mol. The Kier molecular flexibility index (Phi) is 4.70. The molecular formula is C15H12BrF3O. The number of methoxy groups -OCH3 is 1. The first-order chi connectivity index (χ1) is 9.52. The lowest BCUT2D eigenvalue weighted by Crippen LogP contribution is -2.01. The third-order valence-electron chi connectivity index (χ3n) is 2.97. The van der Waals surface area contributed by atoms with Crippen LogP contribution >= 0.6 is 15.9 Å². The molecule has 0 amide bonds. The highest BCUT2D eigenvalue weighted by Gasteiger charge is 2.15. The molecule has 0 saturated carbocycles. The van der Waals surface area contributed by atoms with Gasteiger partial charge in [-0.2, -0.15) is 0 Å². The maximum atomic E-state index is 13.6. The Balaban J connectivity index is 2.21. The lowest BCUT2D eigenvalue weighted by molar-refractivity contribution is 0.386. The number of ether oxygens (including phenoxy) is 1. The number of hydrogen-bond donors (Lipinski definition) is 0. The van der Waals surface area contributed by atoms with Crippen LogP contribution in [0.3, 0.4) is 0 Å². The summed E-state index contributed by atoms with van der Waals surface area (Å²) in [5, 5.41) is 0. The lowest BCUT2D eigenvalue weighted by atomic mass is 10.0. The molecule has 0 N–H and O–H groups in total. The van der Waals surface area contributed by atoms with Crippen molar-refractivity contribution < 1.29 is 17.9 Å². The average Bonchev–Trinajstić information content (AvgIpc) is 2.43. The Morgan fingerprint density at radius 1 is 1.10 bits per heavy atom. The molecule has 0 aliphatic carbocycles. The highest BCUT2D eigenvalue weighted by atomic mass is 79.9. The summed E-state index contributed by atoms with van der Waals surface area (Å²) in [4.78, 5) is -0.320. The monoisotopic (exact) mass is 344 g/mol. The largest absolute Gasteiger partial charge is 0.494 e. The van der Waals surface area contributed by atoms with Gasteiger partial charge in [0, 0.05) is 4.83 Å². The first-order valence-corrected chi connectivity index (χ1v) is 6.85.